The summed E-state index contributed by atoms with van der Waals surface area (Å²) >= 11 is 0. The molecule has 4 nitrogen and oxygen atoms in total. The van der Waals surface area contributed by atoms with Crippen molar-refractivity contribution in [2.75, 3.05) is 6.61 Å². The highest BCUT2D eigenvalue weighted by molar-refractivity contribution is 5.86. The van der Waals surface area contributed by atoms with Gasteiger partial charge >= 0.3 is 5.63 Å². The monoisotopic (exact) mass is 330 g/mol. The highest BCUT2D eigenvalue weighted by atomic mass is 16.5. The summed E-state index contributed by atoms with van der Waals surface area (Å²) in [4.78, 5) is 23.9. The lowest BCUT2D eigenvalue weighted by Crippen LogP contribution is -2.26. The average Bonchev–Trinajstić information content (AvgIpc) is 2.51. The average molecular weight is 330 g/mol. The number of hydrogen-bond acceptors (Lipinski definition) is 4. The predicted octanol–water partition coefficient (Wildman–Crippen LogP) is 4.44. The standard InChI is InChI=1S/C20H26O4/c1-6-7-8-14-11-18(22)24-19-13(2)16(10-9-15(14)19)23-12-17(21)20(3,4)5/h9-11H,6-8,12H2,1-5H3. The van der Waals surface area contributed by atoms with Crippen LogP contribution in [0.2, 0.25) is 0 Å². The Morgan fingerprint density at radius 2 is 1.96 bits per heavy atom. The summed E-state index contributed by atoms with van der Waals surface area (Å²) < 4.78 is 11.1. The lowest BCUT2D eigenvalue weighted by Gasteiger charge is -2.18. The number of carbonyl (C=O) groups excluding carboxylic acids is 1. The molecule has 24 heavy (non-hydrogen) atoms. The van der Waals surface area contributed by atoms with Crippen molar-refractivity contribution in [1.82, 2.24) is 0 Å². The van der Waals surface area contributed by atoms with Crippen molar-refractivity contribution < 1.29 is 13.9 Å². The molecule has 1 aromatic heterocycles. The number of unbranched alkanes of at least 4 members (excludes halogenated alkanes) is 1. The lowest BCUT2D eigenvalue weighted by molar-refractivity contribution is -0.128. The van der Waals surface area contributed by atoms with Crippen LogP contribution >= 0.6 is 0 Å². The van der Waals surface area contributed by atoms with Gasteiger partial charge in [0.05, 0.1) is 0 Å². The second-order valence-corrected chi connectivity index (χ2v) is 7.22. The number of ketones is 1. The summed E-state index contributed by atoms with van der Waals surface area (Å²) in [5.41, 5.74) is 1.52. The molecule has 0 saturated heterocycles. The topological polar surface area (TPSA) is 56.5 Å². The first-order valence-electron chi connectivity index (χ1n) is 8.46. The number of Topliss-reactive ketones (excluding diaryl/α,β-unsaturated/α-hetero) is 1. The van der Waals surface area contributed by atoms with Gasteiger partial charge in [-0.15, -0.1) is 0 Å². The van der Waals surface area contributed by atoms with Gasteiger partial charge in [0.25, 0.3) is 0 Å². The summed E-state index contributed by atoms with van der Waals surface area (Å²) in [5, 5.41) is 0.940. The Bertz CT molecular complexity index is 794. The molecule has 4 heteroatoms. The minimum atomic E-state index is -0.440. The zero-order valence-corrected chi connectivity index (χ0v) is 15.2. The molecule has 0 radical (unpaired) electrons. The number of carbonyl (C=O) groups is 1. The third-order valence-electron chi connectivity index (χ3n) is 4.19. The second kappa shape index (κ2) is 7.20. The van der Waals surface area contributed by atoms with Gasteiger partial charge in [-0.1, -0.05) is 34.1 Å². The Morgan fingerprint density at radius 3 is 2.58 bits per heavy atom. The Labute approximate surface area is 142 Å². The normalized spacial score (nSPS) is 11.7. The summed E-state index contributed by atoms with van der Waals surface area (Å²) in [7, 11) is 0. The second-order valence-electron chi connectivity index (χ2n) is 7.22. The van der Waals surface area contributed by atoms with Crippen LogP contribution in [0.25, 0.3) is 11.0 Å². The van der Waals surface area contributed by atoms with Gasteiger partial charge in [0.15, 0.2) is 5.78 Å². The highest BCUT2D eigenvalue weighted by Crippen LogP contribution is 2.29. The van der Waals surface area contributed by atoms with Crippen LogP contribution in [0.15, 0.2) is 27.4 Å². The Hall–Kier alpha value is -2.10. The van der Waals surface area contributed by atoms with E-state index in [2.05, 4.69) is 6.92 Å². The van der Waals surface area contributed by atoms with Crippen LogP contribution < -0.4 is 10.4 Å². The molecule has 0 bridgehead atoms. The zero-order chi connectivity index (χ0) is 17.9. The van der Waals surface area contributed by atoms with Crippen molar-refractivity contribution >= 4 is 16.8 Å². The quantitative estimate of drug-likeness (QED) is 0.735. The Kier molecular flexibility index (Phi) is 5.47. The molecule has 2 aromatic rings. The van der Waals surface area contributed by atoms with E-state index in [4.69, 9.17) is 9.15 Å². The van der Waals surface area contributed by atoms with E-state index in [0.29, 0.717) is 11.3 Å². The molecule has 0 spiro atoms. The molecule has 2 rings (SSSR count). The van der Waals surface area contributed by atoms with E-state index in [-0.39, 0.29) is 18.0 Å². The maximum absolute atomic E-state index is 12.0. The zero-order valence-electron chi connectivity index (χ0n) is 15.2. The van der Waals surface area contributed by atoms with Gasteiger partial charge in [-0.2, -0.15) is 0 Å². The van der Waals surface area contributed by atoms with Crippen molar-refractivity contribution in [2.24, 2.45) is 5.41 Å². The molecule has 0 unspecified atom stereocenters. The largest absolute Gasteiger partial charge is 0.485 e. The summed E-state index contributed by atoms with van der Waals surface area (Å²) in [6.07, 6.45) is 2.94. The van der Waals surface area contributed by atoms with Gasteiger partial charge in [0.1, 0.15) is 17.9 Å². The van der Waals surface area contributed by atoms with Crippen molar-refractivity contribution in [3.63, 3.8) is 0 Å². The molecule has 1 heterocycles. The molecule has 130 valence electrons. The first-order chi connectivity index (χ1) is 11.2. The van der Waals surface area contributed by atoms with Gasteiger partial charge in [-0.3, -0.25) is 4.79 Å². The first kappa shape index (κ1) is 18.2. The smallest absolute Gasteiger partial charge is 0.336 e. The summed E-state index contributed by atoms with van der Waals surface area (Å²) in [6.45, 7) is 9.58. The van der Waals surface area contributed by atoms with Crippen molar-refractivity contribution in [2.45, 2.75) is 53.9 Å². The maximum atomic E-state index is 12.0. The third-order valence-corrected chi connectivity index (χ3v) is 4.19. The molecule has 0 aliphatic rings. The van der Waals surface area contributed by atoms with Crippen molar-refractivity contribution in [1.29, 1.82) is 0 Å². The molecule has 0 atom stereocenters. The SMILES string of the molecule is CCCCc1cc(=O)oc2c(C)c(OCC(=O)C(C)(C)C)ccc12. The van der Waals surface area contributed by atoms with Crippen LogP contribution in [0.1, 0.15) is 51.7 Å². The van der Waals surface area contributed by atoms with Crippen LogP contribution in [0.3, 0.4) is 0 Å². The van der Waals surface area contributed by atoms with Gasteiger partial charge in [0, 0.05) is 22.4 Å². The van der Waals surface area contributed by atoms with Gasteiger partial charge in [-0.25, -0.2) is 4.79 Å². The lowest BCUT2D eigenvalue weighted by atomic mass is 9.91. The number of aryl methyl sites for hydroxylation is 2. The Balaban J connectivity index is 2.36. The fraction of sp³-hybridized carbons (Fsp3) is 0.500. The molecule has 0 saturated carbocycles. The van der Waals surface area contributed by atoms with Crippen LogP contribution in [0.4, 0.5) is 0 Å². The minimum Gasteiger partial charge on any atom is -0.485 e. The molecule has 0 aliphatic carbocycles. The minimum absolute atomic E-state index is 0.00953. The number of ether oxygens (including phenoxy) is 1. The molecular formula is C20H26O4. The molecule has 0 fully saturated rings. The van der Waals surface area contributed by atoms with E-state index in [1.807, 2.05) is 39.8 Å². The van der Waals surface area contributed by atoms with E-state index in [9.17, 15) is 9.59 Å². The fourth-order valence-corrected chi connectivity index (χ4v) is 2.50. The van der Waals surface area contributed by atoms with E-state index >= 15 is 0 Å². The van der Waals surface area contributed by atoms with Crippen molar-refractivity contribution in [3.05, 3.63) is 39.7 Å². The van der Waals surface area contributed by atoms with Gasteiger partial charge in [0.2, 0.25) is 0 Å². The van der Waals surface area contributed by atoms with Crippen LogP contribution in [0, 0.1) is 12.3 Å². The third kappa shape index (κ3) is 4.05. The fourth-order valence-electron chi connectivity index (χ4n) is 2.50. The molecule has 0 aliphatic heterocycles. The number of benzene rings is 1. The van der Waals surface area contributed by atoms with Crippen molar-refractivity contribution in [3.8, 4) is 5.75 Å². The van der Waals surface area contributed by atoms with Gasteiger partial charge in [-0.05, 0) is 37.5 Å². The number of fused-ring (bicyclic) bond motifs is 1. The molecule has 0 N–H and O–H groups in total. The van der Waals surface area contributed by atoms with Gasteiger partial charge < -0.3 is 9.15 Å². The number of hydrogen-bond donors (Lipinski definition) is 0. The molecule has 1 aromatic carbocycles. The predicted molar refractivity (Wildman–Crippen MR) is 95.8 cm³/mol. The van der Waals surface area contributed by atoms with Crippen LogP contribution in [-0.4, -0.2) is 12.4 Å². The number of rotatable bonds is 6. The van der Waals surface area contributed by atoms with E-state index < -0.39 is 5.41 Å². The first-order valence-corrected chi connectivity index (χ1v) is 8.46. The van der Waals surface area contributed by atoms with E-state index in [1.165, 1.54) is 0 Å². The van der Waals surface area contributed by atoms with Crippen LogP contribution in [0.5, 0.6) is 5.75 Å². The summed E-state index contributed by atoms with van der Waals surface area (Å²) in [6, 6.07) is 5.33. The van der Waals surface area contributed by atoms with E-state index in [1.54, 1.807) is 6.07 Å². The molecule has 0 amide bonds. The summed E-state index contributed by atoms with van der Waals surface area (Å²) in [5.74, 6) is 0.607. The van der Waals surface area contributed by atoms with E-state index in [0.717, 1.165) is 35.8 Å². The molecular weight excluding hydrogens is 304 g/mol. The Morgan fingerprint density at radius 1 is 1.25 bits per heavy atom. The van der Waals surface area contributed by atoms with Crippen LogP contribution in [-0.2, 0) is 11.2 Å². The highest BCUT2D eigenvalue weighted by Gasteiger charge is 2.22. The maximum Gasteiger partial charge on any atom is 0.336 e.